The van der Waals surface area contributed by atoms with Crippen LogP contribution in [0.1, 0.15) is 0 Å². The van der Waals surface area contributed by atoms with Gasteiger partial charge in [-0.15, -0.1) is 0 Å². The Balaban J connectivity index is 1.06. The van der Waals surface area contributed by atoms with Crippen LogP contribution in [0.2, 0.25) is 0 Å². The van der Waals surface area contributed by atoms with E-state index in [4.69, 9.17) is 9.47 Å². The Kier molecular flexibility index (Phi) is 6.90. The van der Waals surface area contributed by atoms with Gasteiger partial charge in [-0.2, -0.15) is 0 Å². The van der Waals surface area contributed by atoms with Crippen LogP contribution in [0.15, 0.2) is 194 Å². The first kappa shape index (κ1) is 30.5. The molecule has 0 N–H and O–H groups in total. The smallest absolute Gasteiger partial charge is 0.170 e. The Morgan fingerprint density at radius 1 is 0.204 bits per heavy atom. The average Bonchev–Trinajstić information content (AvgIpc) is 3.24. The number of hydrogen-bond acceptors (Lipinski definition) is 2. The normalized spacial score (nSPS) is 12.0. The minimum Gasteiger partial charge on any atom is -0.450 e. The molecule has 0 aliphatic carbocycles. The van der Waals surface area contributed by atoms with E-state index in [1.807, 2.05) is 12.1 Å². The van der Waals surface area contributed by atoms with Crippen molar-refractivity contribution in [1.82, 2.24) is 0 Å². The Labute approximate surface area is 313 Å². The van der Waals surface area contributed by atoms with Gasteiger partial charge in [0, 0.05) is 0 Å². The van der Waals surface area contributed by atoms with E-state index in [1.54, 1.807) is 0 Å². The van der Waals surface area contributed by atoms with Crippen molar-refractivity contribution in [1.29, 1.82) is 0 Å². The summed E-state index contributed by atoms with van der Waals surface area (Å²) in [7, 11) is 0. The molecule has 0 atom stereocenters. The molecule has 0 saturated carbocycles. The maximum Gasteiger partial charge on any atom is 0.170 e. The molecular formula is C52H32O2. The minimum absolute atomic E-state index is 0.701. The summed E-state index contributed by atoms with van der Waals surface area (Å²) >= 11 is 0. The highest BCUT2D eigenvalue weighted by atomic mass is 16.6. The summed E-state index contributed by atoms with van der Waals surface area (Å²) in [5.41, 5.74) is 9.45. The first-order valence-corrected chi connectivity index (χ1v) is 18.4. The quantitative estimate of drug-likeness (QED) is 0.171. The lowest BCUT2D eigenvalue weighted by molar-refractivity contribution is 0.360. The first-order chi connectivity index (χ1) is 26.8. The molecule has 0 spiro atoms. The fourth-order valence-electron chi connectivity index (χ4n) is 8.60. The molecule has 0 unspecified atom stereocenters. The number of rotatable bonds is 4. The predicted octanol–water partition coefficient (Wildman–Crippen LogP) is 14.9. The van der Waals surface area contributed by atoms with Gasteiger partial charge >= 0.3 is 0 Å². The molecule has 0 fully saturated rings. The van der Waals surface area contributed by atoms with Crippen LogP contribution >= 0.6 is 0 Å². The highest BCUT2D eigenvalue weighted by Crippen LogP contribution is 2.51. The van der Waals surface area contributed by atoms with E-state index in [0.717, 1.165) is 11.1 Å². The number of hydrogen-bond donors (Lipinski definition) is 0. The van der Waals surface area contributed by atoms with E-state index in [2.05, 4.69) is 182 Å². The van der Waals surface area contributed by atoms with E-state index in [9.17, 15) is 0 Å². The molecule has 0 bridgehead atoms. The van der Waals surface area contributed by atoms with Gasteiger partial charge in [0.2, 0.25) is 0 Å². The molecule has 0 saturated heterocycles. The van der Waals surface area contributed by atoms with Crippen molar-refractivity contribution in [3.8, 4) is 67.5 Å². The molecule has 10 aromatic rings. The van der Waals surface area contributed by atoms with Crippen molar-refractivity contribution in [2.75, 3.05) is 0 Å². The van der Waals surface area contributed by atoms with Crippen LogP contribution in [0.4, 0.5) is 0 Å². The number of ether oxygens (including phenoxy) is 2. The zero-order valence-electron chi connectivity index (χ0n) is 29.3. The Hall–Kier alpha value is -7.16. The highest BCUT2D eigenvalue weighted by molar-refractivity contribution is 6.22. The van der Waals surface area contributed by atoms with Gasteiger partial charge in [-0.3, -0.25) is 0 Å². The molecule has 54 heavy (non-hydrogen) atoms. The van der Waals surface area contributed by atoms with Crippen molar-refractivity contribution in [2.24, 2.45) is 0 Å². The summed E-state index contributed by atoms with van der Waals surface area (Å²) in [6, 6.07) is 69.0. The van der Waals surface area contributed by atoms with E-state index >= 15 is 0 Å². The van der Waals surface area contributed by atoms with Crippen molar-refractivity contribution in [3.05, 3.63) is 194 Å². The van der Waals surface area contributed by atoms with E-state index < -0.39 is 0 Å². The van der Waals surface area contributed by atoms with Crippen molar-refractivity contribution >= 4 is 43.1 Å². The summed E-state index contributed by atoms with van der Waals surface area (Å²) in [4.78, 5) is 0. The van der Waals surface area contributed by atoms with Crippen LogP contribution in [0.25, 0.3) is 87.6 Å². The second kappa shape index (κ2) is 12.2. The van der Waals surface area contributed by atoms with Gasteiger partial charge in [0.15, 0.2) is 23.0 Å². The van der Waals surface area contributed by atoms with Gasteiger partial charge < -0.3 is 9.47 Å². The standard InChI is InChI=1S/C52H32O2/c1-3-15-33(16-4-1)49-37-19-7-11-23-41(37)51(42-24-12-8-20-38(42)49)35-27-29-45-47(31-35)54-48-32-36(28-30-46(48)53-45)52-43-25-13-9-21-39(43)50(34-17-5-2-6-18-34)40-22-10-14-26-44(40)52/h1-32H. The Morgan fingerprint density at radius 2 is 0.463 bits per heavy atom. The Bertz CT molecular complexity index is 2770. The zero-order valence-corrected chi connectivity index (χ0v) is 29.3. The molecule has 0 amide bonds. The molecule has 0 radical (unpaired) electrons. The van der Waals surface area contributed by atoms with Gasteiger partial charge in [0.25, 0.3) is 0 Å². The summed E-state index contributed by atoms with van der Waals surface area (Å²) in [5, 5.41) is 9.69. The van der Waals surface area contributed by atoms with Crippen LogP contribution in [-0.4, -0.2) is 0 Å². The lowest BCUT2D eigenvalue weighted by Crippen LogP contribution is -2.00. The van der Waals surface area contributed by atoms with Gasteiger partial charge in [-0.1, -0.05) is 170 Å². The largest absolute Gasteiger partial charge is 0.450 e. The predicted molar refractivity (Wildman–Crippen MR) is 225 cm³/mol. The third-order valence-corrected chi connectivity index (χ3v) is 10.9. The number of benzene rings is 10. The average molecular weight is 689 g/mol. The van der Waals surface area contributed by atoms with E-state index in [1.165, 1.54) is 76.5 Å². The second-order valence-electron chi connectivity index (χ2n) is 13.9. The van der Waals surface area contributed by atoms with Crippen molar-refractivity contribution in [2.45, 2.75) is 0 Å². The maximum atomic E-state index is 6.81. The third-order valence-electron chi connectivity index (χ3n) is 10.9. The molecule has 252 valence electrons. The minimum atomic E-state index is 0.701. The van der Waals surface area contributed by atoms with E-state index in [-0.39, 0.29) is 0 Å². The zero-order chi connectivity index (χ0) is 35.6. The molecular weight excluding hydrogens is 657 g/mol. The monoisotopic (exact) mass is 688 g/mol. The summed E-state index contributed by atoms with van der Waals surface area (Å²) < 4.78 is 13.3. The Morgan fingerprint density at radius 3 is 0.778 bits per heavy atom. The molecule has 10 aromatic carbocycles. The first-order valence-electron chi connectivity index (χ1n) is 18.4. The van der Waals surface area contributed by atoms with Crippen LogP contribution in [0.5, 0.6) is 23.0 Å². The van der Waals surface area contributed by atoms with Gasteiger partial charge in [-0.05, 0) is 112 Å². The van der Waals surface area contributed by atoms with Gasteiger partial charge in [-0.25, -0.2) is 0 Å². The fraction of sp³-hybridized carbons (Fsp3) is 0. The van der Waals surface area contributed by atoms with Crippen LogP contribution in [-0.2, 0) is 0 Å². The lowest BCUT2D eigenvalue weighted by atomic mass is 9.86. The maximum absolute atomic E-state index is 6.81. The summed E-state index contributed by atoms with van der Waals surface area (Å²) in [5.74, 6) is 2.81. The lowest BCUT2D eigenvalue weighted by Gasteiger charge is -2.23. The van der Waals surface area contributed by atoms with Gasteiger partial charge in [0.1, 0.15) is 0 Å². The summed E-state index contributed by atoms with van der Waals surface area (Å²) in [6.07, 6.45) is 0. The van der Waals surface area contributed by atoms with Crippen molar-refractivity contribution in [3.63, 3.8) is 0 Å². The molecule has 11 rings (SSSR count). The third kappa shape index (κ3) is 4.74. The molecule has 0 aromatic heterocycles. The van der Waals surface area contributed by atoms with E-state index in [0.29, 0.717) is 23.0 Å². The molecule has 1 aliphatic rings. The molecule has 1 aliphatic heterocycles. The molecule has 1 heterocycles. The van der Waals surface area contributed by atoms with Crippen LogP contribution in [0.3, 0.4) is 0 Å². The molecule has 2 nitrogen and oxygen atoms in total. The summed E-state index contributed by atoms with van der Waals surface area (Å²) in [6.45, 7) is 0. The van der Waals surface area contributed by atoms with Gasteiger partial charge in [0.05, 0.1) is 0 Å². The highest BCUT2D eigenvalue weighted by Gasteiger charge is 2.24. The molecule has 2 heteroatoms. The van der Waals surface area contributed by atoms with Crippen LogP contribution in [0, 0.1) is 0 Å². The fourth-order valence-corrected chi connectivity index (χ4v) is 8.60. The topological polar surface area (TPSA) is 18.5 Å². The van der Waals surface area contributed by atoms with Crippen LogP contribution < -0.4 is 9.47 Å². The van der Waals surface area contributed by atoms with Crippen molar-refractivity contribution < 1.29 is 9.47 Å². The SMILES string of the molecule is c1ccc(-c2c3ccccc3c(-c3ccc4c(c3)Oc3cc(-c5c6ccccc6c(-c6ccccc6)c6ccccc56)ccc3O4)c3ccccc23)cc1. The number of fused-ring (bicyclic) bond motifs is 6. The second-order valence-corrected chi connectivity index (χ2v) is 13.9.